The molecule has 0 fully saturated rings. The predicted molar refractivity (Wildman–Crippen MR) is 286 cm³/mol. The van der Waals surface area contributed by atoms with E-state index >= 15 is 0 Å². The van der Waals surface area contributed by atoms with Crippen LogP contribution in [0, 0.1) is 6.85 Å². The summed E-state index contributed by atoms with van der Waals surface area (Å²) < 4.78 is 193. The molecule has 0 amide bonds. The van der Waals surface area contributed by atoms with Gasteiger partial charge in [0.1, 0.15) is 24.0 Å². The van der Waals surface area contributed by atoms with Crippen LogP contribution in [0.4, 0.5) is 22.7 Å². The first-order valence-electron chi connectivity index (χ1n) is 32.5. The Morgan fingerprint density at radius 3 is 1.93 bits per heavy atom. The Kier molecular flexibility index (Phi) is 6.24. The minimum absolute atomic E-state index is 0.00618. The molecule has 11 rings (SSSR count). The first-order chi connectivity index (χ1) is 41.6. The van der Waals surface area contributed by atoms with Crippen molar-refractivity contribution in [1.29, 1.82) is 0 Å². The molecule has 0 bridgehead atoms. The lowest BCUT2D eigenvalue weighted by Gasteiger charge is -2.29. The van der Waals surface area contributed by atoms with Gasteiger partial charge < -0.3 is 14.5 Å². The summed E-state index contributed by atoms with van der Waals surface area (Å²) in [5.74, 6) is -0.870. The van der Waals surface area contributed by atoms with Gasteiger partial charge in [0, 0.05) is 50.0 Å². The number of hydrogen-bond donors (Lipinski definition) is 0. The number of fused-ring (bicyclic) bond motifs is 4. The van der Waals surface area contributed by atoms with Crippen molar-refractivity contribution < 1.29 is 33.5 Å². The lowest BCUT2D eigenvalue weighted by atomic mass is 9.78. The van der Waals surface area contributed by atoms with E-state index in [4.69, 9.17) is 22.6 Å². The molecule has 1 aliphatic heterocycles. The van der Waals surface area contributed by atoms with E-state index < -0.39 is 132 Å². The van der Waals surface area contributed by atoms with Crippen molar-refractivity contribution in [2.75, 3.05) is 16.5 Å². The number of ether oxygens (including phenoxy) is 1. The van der Waals surface area contributed by atoms with Gasteiger partial charge in [0.15, 0.2) is 0 Å². The minimum Gasteiger partial charge on any atom is -0.457 e. The summed E-state index contributed by atoms with van der Waals surface area (Å²) in [7, 11) is 0. The molecule has 68 heavy (non-hydrogen) atoms. The molecule has 0 unspecified atom stereocenters. The number of rotatable bonds is 8. The molecule has 0 atom stereocenters. The van der Waals surface area contributed by atoms with Crippen molar-refractivity contribution in [3.8, 4) is 50.7 Å². The summed E-state index contributed by atoms with van der Waals surface area (Å²) in [6.45, 7) is 9.72. The first kappa shape index (κ1) is 25.3. The summed E-state index contributed by atoms with van der Waals surface area (Å²) in [4.78, 5) is 8.17. The second kappa shape index (κ2) is 16.8. The highest BCUT2D eigenvalue weighted by molar-refractivity contribution is 6.11. The third kappa shape index (κ3) is 7.88. The standard InChI is InChI=1S/C63H56N4O/c1-42-32-33-64-60(34-42)67-56-31-28-45(43-18-10-8-11-19-43)37-55(56)54-30-29-51(40-59(54)67)68-50-23-16-22-49(39-50)65-41-66(58-27-15-14-26-57(58)65)61-52(44-20-12-9-13-21-44)24-17-25-53(61)46-35-47(62(2,3)4)38-48(36-46)63(5,6)7/h8-40H,41H2,1-7H3/i1D3,8D,9D,10D,11D,12D,13D,18D,19D,20D,21D,28D,29D,30D,31D,32D,33D,34D,37D. The normalized spacial score (nSPS) is 17.4. The number of nitrogens with zero attached hydrogens (tertiary/aromatic N) is 4. The molecule has 10 aromatic rings. The average Bonchev–Trinajstić information content (AvgIpc) is 1.59. The fraction of sp³-hybridized carbons (Fsp3) is 0.159. The highest BCUT2D eigenvalue weighted by atomic mass is 16.5. The van der Waals surface area contributed by atoms with Crippen LogP contribution in [-0.4, -0.2) is 16.2 Å². The molecule has 1 aliphatic rings. The minimum atomic E-state index is -3.16. The van der Waals surface area contributed by atoms with Gasteiger partial charge in [-0.05, 0) is 117 Å². The van der Waals surface area contributed by atoms with Gasteiger partial charge in [-0.3, -0.25) is 4.57 Å². The number of benzene rings is 8. The topological polar surface area (TPSA) is 33.5 Å². The van der Waals surface area contributed by atoms with Crippen LogP contribution in [0.2, 0.25) is 0 Å². The highest BCUT2D eigenvalue weighted by Crippen LogP contribution is 2.51. The Balaban J connectivity index is 1.11. The Labute approximate surface area is 430 Å². The number of hydrogen-bond acceptors (Lipinski definition) is 4. The monoisotopic (exact) mass is 906 g/mol. The summed E-state index contributed by atoms with van der Waals surface area (Å²) in [5.41, 5.74) is 3.20. The highest BCUT2D eigenvalue weighted by Gasteiger charge is 2.32. The molecule has 5 nitrogen and oxygen atoms in total. The molecule has 2 aromatic heterocycles. The van der Waals surface area contributed by atoms with Crippen LogP contribution in [0.25, 0.3) is 61.0 Å². The maximum absolute atomic E-state index is 9.67. The Morgan fingerprint density at radius 1 is 0.544 bits per heavy atom. The zero-order valence-corrected chi connectivity index (χ0v) is 38.1. The molecule has 0 saturated heterocycles. The van der Waals surface area contributed by atoms with Gasteiger partial charge in [0.2, 0.25) is 0 Å². The summed E-state index contributed by atoms with van der Waals surface area (Å²) in [6, 6.07) is 15.9. The zero-order chi connectivity index (χ0) is 64.9. The molecule has 334 valence electrons. The van der Waals surface area contributed by atoms with E-state index in [1.807, 2.05) is 52.3 Å². The van der Waals surface area contributed by atoms with Crippen LogP contribution in [0.15, 0.2) is 200 Å². The van der Waals surface area contributed by atoms with E-state index in [-0.39, 0.29) is 62.9 Å². The predicted octanol–water partition coefficient (Wildman–Crippen LogP) is 17.1. The van der Waals surface area contributed by atoms with E-state index in [0.29, 0.717) is 28.3 Å². The van der Waals surface area contributed by atoms with Crippen molar-refractivity contribution in [3.63, 3.8) is 0 Å². The smallest absolute Gasteiger partial charge is 0.137 e. The second-order valence-electron chi connectivity index (χ2n) is 18.6. The lowest BCUT2D eigenvalue weighted by Crippen LogP contribution is -2.25. The largest absolute Gasteiger partial charge is 0.457 e. The van der Waals surface area contributed by atoms with Gasteiger partial charge in [-0.2, -0.15) is 0 Å². The van der Waals surface area contributed by atoms with Crippen molar-refractivity contribution in [1.82, 2.24) is 9.55 Å². The van der Waals surface area contributed by atoms with Gasteiger partial charge in [-0.1, -0.05) is 163 Å². The van der Waals surface area contributed by atoms with Gasteiger partial charge in [0.05, 0.1) is 52.8 Å². The van der Waals surface area contributed by atoms with Crippen molar-refractivity contribution in [2.45, 2.75) is 59.2 Å². The fourth-order valence-electron chi connectivity index (χ4n) is 8.62. The van der Waals surface area contributed by atoms with Crippen molar-refractivity contribution >= 4 is 44.6 Å². The van der Waals surface area contributed by atoms with Crippen LogP contribution in [0.5, 0.6) is 11.5 Å². The summed E-state index contributed by atoms with van der Waals surface area (Å²) >= 11 is 0. The Hall–Kier alpha value is -7.89. The van der Waals surface area contributed by atoms with E-state index in [1.165, 1.54) is 6.07 Å². The van der Waals surface area contributed by atoms with Gasteiger partial charge in [0.25, 0.3) is 0 Å². The third-order valence-electron chi connectivity index (χ3n) is 12.0. The average molecular weight is 906 g/mol. The SMILES string of the molecule is [2H]c1nc(-n2c3cc(Oc4cccc(N5CN(c6c(-c7cc(C(C)(C)C)cc(C(C)(C)C)c7)cccc6-c6c([2H])c([2H])c([2H])c([2H])c6[2H])c6ccccc65)c4)c([2H])c([2H])c3c3c([2H])c(-c4c([2H])c([2H])c([2H])c([2H])c4[2H])c([2H])c([2H])c32)c([2H])c(C([2H])([2H])[2H])c1[2H]. The van der Waals surface area contributed by atoms with Crippen LogP contribution >= 0.6 is 0 Å². The Morgan fingerprint density at radius 2 is 1.22 bits per heavy atom. The molecule has 0 radical (unpaired) electrons. The maximum Gasteiger partial charge on any atom is 0.137 e. The van der Waals surface area contributed by atoms with Crippen molar-refractivity contribution in [3.05, 3.63) is 217 Å². The first-order valence-corrected chi connectivity index (χ1v) is 22.0. The molecule has 0 N–H and O–H groups in total. The maximum atomic E-state index is 9.67. The number of anilines is 4. The second-order valence-corrected chi connectivity index (χ2v) is 18.6. The summed E-state index contributed by atoms with van der Waals surface area (Å²) in [5, 5.41) is -0.675. The van der Waals surface area contributed by atoms with Gasteiger partial charge in [-0.25, -0.2) is 4.98 Å². The molecular formula is C63H56N4O. The third-order valence-corrected chi connectivity index (χ3v) is 12.0. The molecule has 5 heteroatoms. The molecule has 0 saturated carbocycles. The number of pyridine rings is 1. The van der Waals surface area contributed by atoms with Gasteiger partial charge in [-0.15, -0.1) is 0 Å². The molecule has 8 aromatic carbocycles. The van der Waals surface area contributed by atoms with E-state index in [9.17, 15) is 11.0 Å². The quantitative estimate of drug-likeness (QED) is 0.152. The molecule has 3 heterocycles. The van der Waals surface area contributed by atoms with Crippen LogP contribution in [-0.2, 0) is 10.8 Å². The van der Waals surface area contributed by atoms with Crippen LogP contribution in [0.3, 0.4) is 0 Å². The zero-order valence-electron chi connectivity index (χ0n) is 59.1. The van der Waals surface area contributed by atoms with E-state index in [2.05, 4.69) is 64.7 Å². The van der Waals surface area contributed by atoms with E-state index in [1.54, 1.807) is 24.3 Å². The lowest BCUT2D eigenvalue weighted by molar-refractivity contribution is 0.483. The fourth-order valence-corrected chi connectivity index (χ4v) is 8.62. The number of aromatic nitrogens is 2. The molecule has 0 spiro atoms. The van der Waals surface area contributed by atoms with Gasteiger partial charge >= 0.3 is 0 Å². The van der Waals surface area contributed by atoms with Crippen molar-refractivity contribution in [2.24, 2.45) is 0 Å². The molecule has 0 aliphatic carbocycles. The number of para-hydroxylation sites is 3. The molecular weight excluding hydrogens is 829 g/mol. The Bertz CT molecular complexity index is 4610. The van der Waals surface area contributed by atoms with E-state index in [0.717, 1.165) is 26.8 Å². The van der Waals surface area contributed by atoms with Crippen LogP contribution in [0.1, 0.15) is 87.0 Å². The summed E-state index contributed by atoms with van der Waals surface area (Å²) in [6.07, 6.45) is -0.895. The van der Waals surface area contributed by atoms with Crippen LogP contribution < -0.4 is 14.5 Å².